The highest BCUT2D eigenvalue weighted by molar-refractivity contribution is 7.89. The molecule has 134 valence electrons. The summed E-state index contributed by atoms with van der Waals surface area (Å²) in [6, 6.07) is 7.37. The minimum Gasteiger partial charge on any atom is -0.497 e. The first-order chi connectivity index (χ1) is 11.5. The molecule has 0 saturated carbocycles. The highest BCUT2D eigenvalue weighted by atomic mass is 32.2. The van der Waals surface area contributed by atoms with E-state index in [0.29, 0.717) is 32.6 Å². The van der Waals surface area contributed by atoms with Gasteiger partial charge in [-0.3, -0.25) is 4.79 Å². The van der Waals surface area contributed by atoms with Crippen molar-refractivity contribution in [3.8, 4) is 5.75 Å². The number of amides is 1. The van der Waals surface area contributed by atoms with Gasteiger partial charge in [-0.1, -0.05) is 12.1 Å². The second-order valence-electron chi connectivity index (χ2n) is 5.61. The van der Waals surface area contributed by atoms with E-state index >= 15 is 0 Å². The molecule has 7 nitrogen and oxygen atoms in total. The van der Waals surface area contributed by atoms with Gasteiger partial charge in [0.2, 0.25) is 15.9 Å². The molecule has 1 saturated heterocycles. The van der Waals surface area contributed by atoms with Crippen LogP contribution in [0.5, 0.6) is 5.75 Å². The van der Waals surface area contributed by atoms with Crippen molar-refractivity contribution in [2.45, 2.75) is 6.42 Å². The zero-order valence-corrected chi connectivity index (χ0v) is 14.9. The van der Waals surface area contributed by atoms with Crippen molar-refractivity contribution < 1.29 is 22.7 Å². The Morgan fingerprint density at radius 3 is 2.25 bits per heavy atom. The molecular formula is C16H24N2O5S. The molecule has 1 amide bonds. The van der Waals surface area contributed by atoms with Crippen LogP contribution in [0.15, 0.2) is 24.3 Å². The lowest BCUT2D eigenvalue weighted by atomic mass is 10.1. The standard InChI is InChI=1S/C16H24N2O5S/c1-22-11-12-24(20,21)18-9-7-17(8-10-18)16(19)13-14-3-5-15(23-2)6-4-14/h3-6H,7-13H2,1-2H3. The molecule has 24 heavy (non-hydrogen) atoms. The Balaban J connectivity index is 1.86. The molecule has 0 spiro atoms. The van der Waals surface area contributed by atoms with Crippen molar-refractivity contribution in [3.63, 3.8) is 0 Å². The fraction of sp³-hybridized carbons (Fsp3) is 0.562. The van der Waals surface area contributed by atoms with Gasteiger partial charge in [0, 0.05) is 33.3 Å². The summed E-state index contributed by atoms with van der Waals surface area (Å²) in [5, 5.41) is 0. The van der Waals surface area contributed by atoms with Crippen molar-refractivity contribution in [2.75, 3.05) is 52.8 Å². The summed E-state index contributed by atoms with van der Waals surface area (Å²) in [7, 11) is -0.230. The molecule has 0 radical (unpaired) electrons. The third-order valence-electron chi connectivity index (χ3n) is 4.04. The minimum atomic E-state index is -3.30. The van der Waals surface area contributed by atoms with Gasteiger partial charge in [-0.2, -0.15) is 4.31 Å². The highest BCUT2D eigenvalue weighted by Gasteiger charge is 2.28. The van der Waals surface area contributed by atoms with Crippen molar-refractivity contribution in [3.05, 3.63) is 29.8 Å². The highest BCUT2D eigenvalue weighted by Crippen LogP contribution is 2.14. The van der Waals surface area contributed by atoms with Crippen molar-refractivity contribution in [1.29, 1.82) is 0 Å². The van der Waals surface area contributed by atoms with E-state index < -0.39 is 10.0 Å². The zero-order valence-electron chi connectivity index (χ0n) is 14.1. The number of nitrogens with zero attached hydrogens (tertiary/aromatic N) is 2. The predicted molar refractivity (Wildman–Crippen MR) is 90.5 cm³/mol. The van der Waals surface area contributed by atoms with E-state index in [1.165, 1.54) is 11.4 Å². The molecule has 0 atom stereocenters. The maximum absolute atomic E-state index is 12.4. The Kier molecular flexibility index (Phi) is 6.59. The number of carbonyl (C=O) groups excluding carboxylic acids is 1. The Hall–Kier alpha value is -1.64. The molecule has 8 heteroatoms. The fourth-order valence-corrected chi connectivity index (χ4v) is 3.92. The van der Waals surface area contributed by atoms with Gasteiger partial charge < -0.3 is 14.4 Å². The Labute approximate surface area is 143 Å². The van der Waals surface area contributed by atoms with Gasteiger partial charge in [0.05, 0.1) is 25.9 Å². The Morgan fingerprint density at radius 2 is 1.71 bits per heavy atom. The van der Waals surface area contributed by atoms with Crippen LogP contribution in [-0.4, -0.2) is 76.3 Å². The molecule has 1 aromatic rings. The molecule has 1 fully saturated rings. The smallest absolute Gasteiger partial charge is 0.227 e. The number of methoxy groups -OCH3 is 2. The number of hydrogen-bond acceptors (Lipinski definition) is 5. The monoisotopic (exact) mass is 356 g/mol. The molecule has 0 aliphatic carbocycles. The maximum atomic E-state index is 12.4. The lowest BCUT2D eigenvalue weighted by Gasteiger charge is -2.34. The van der Waals surface area contributed by atoms with Gasteiger partial charge in [0.1, 0.15) is 5.75 Å². The lowest BCUT2D eigenvalue weighted by molar-refractivity contribution is -0.131. The molecule has 1 aliphatic heterocycles. The minimum absolute atomic E-state index is 0.00843. The van der Waals surface area contributed by atoms with Crippen LogP contribution in [0.25, 0.3) is 0 Å². The summed E-state index contributed by atoms with van der Waals surface area (Å²) in [6.45, 7) is 1.68. The quantitative estimate of drug-likeness (QED) is 0.705. The molecular weight excluding hydrogens is 332 g/mol. The Morgan fingerprint density at radius 1 is 1.08 bits per heavy atom. The van der Waals surface area contributed by atoms with Crippen LogP contribution < -0.4 is 4.74 Å². The number of rotatable bonds is 7. The fourth-order valence-electron chi connectivity index (χ4n) is 2.56. The van der Waals surface area contributed by atoms with Gasteiger partial charge in [-0.25, -0.2) is 8.42 Å². The van der Waals surface area contributed by atoms with Crippen molar-refractivity contribution >= 4 is 15.9 Å². The summed E-state index contributed by atoms with van der Waals surface area (Å²) in [6.07, 6.45) is 0.306. The molecule has 1 aromatic carbocycles. The van der Waals surface area contributed by atoms with E-state index in [2.05, 4.69) is 0 Å². The van der Waals surface area contributed by atoms with Gasteiger partial charge in [0.15, 0.2) is 0 Å². The summed E-state index contributed by atoms with van der Waals surface area (Å²) < 4.78 is 35.6. The van der Waals surface area contributed by atoms with Crippen LogP contribution in [0.3, 0.4) is 0 Å². The average molecular weight is 356 g/mol. The van der Waals surface area contributed by atoms with Gasteiger partial charge in [-0.15, -0.1) is 0 Å². The zero-order chi connectivity index (χ0) is 17.6. The molecule has 0 bridgehead atoms. The van der Waals surface area contributed by atoms with Crippen LogP contribution in [-0.2, 0) is 26.0 Å². The van der Waals surface area contributed by atoms with E-state index in [4.69, 9.17) is 9.47 Å². The van der Waals surface area contributed by atoms with E-state index in [1.54, 1.807) is 12.0 Å². The third-order valence-corrected chi connectivity index (χ3v) is 5.88. The van der Waals surface area contributed by atoms with Crippen LogP contribution in [0, 0.1) is 0 Å². The summed E-state index contributed by atoms with van der Waals surface area (Å²) in [4.78, 5) is 14.1. The van der Waals surface area contributed by atoms with Gasteiger partial charge in [0.25, 0.3) is 0 Å². The summed E-state index contributed by atoms with van der Waals surface area (Å²) in [5.74, 6) is 0.735. The van der Waals surface area contributed by atoms with Gasteiger partial charge in [-0.05, 0) is 17.7 Å². The normalized spacial score (nSPS) is 16.2. The lowest BCUT2D eigenvalue weighted by Crippen LogP contribution is -2.51. The van der Waals surface area contributed by atoms with E-state index in [9.17, 15) is 13.2 Å². The van der Waals surface area contributed by atoms with E-state index in [1.807, 2.05) is 24.3 Å². The first-order valence-corrected chi connectivity index (χ1v) is 9.44. The number of carbonyl (C=O) groups is 1. The van der Waals surface area contributed by atoms with Gasteiger partial charge >= 0.3 is 0 Å². The topological polar surface area (TPSA) is 76.2 Å². The molecule has 0 aromatic heterocycles. The first-order valence-electron chi connectivity index (χ1n) is 7.83. The van der Waals surface area contributed by atoms with Crippen LogP contribution in [0.1, 0.15) is 5.56 Å². The second-order valence-corrected chi connectivity index (χ2v) is 7.70. The SMILES string of the molecule is COCCS(=O)(=O)N1CCN(C(=O)Cc2ccc(OC)cc2)CC1. The molecule has 0 unspecified atom stereocenters. The third kappa shape index (κ3) is 4.93. The van der Waals surface area contributed by atoms with Crippen LogP contribution in [0.2, 0.25) is 0 Å². The molecule has 0 N–H and O–H groups in total. The van der Waals surface area contributed by atoms with Crippen molar-refractivity contribution in [1.82, 2.24) is 9.21 Å². The number of sulfonamides is 1. The number of hydrogen-bond donors (Lipinski definition) is 0. The predicted octanol–water partition coefficient (Wildman–Crippen LogP) is 0.358. The number of benzene rings is 1. The van der Waals surface area contributed by atoms with E-state index in [0.717, 1.165) is 11.3 Å². The van der Waals surface area contributed by atoms with Crippen LogP contribution in [0.4, 0.5) is 0 Å². The van der Waals surface area contributed by atoms with Crippen LogP contribution >= 0.6 is 0 Å². The Bertz CT molecular complexity index is 637. The molecule has 2 rings (SSSR count). The molecule has 1 heterocycles. The van der Waals surface area contributed by atoms with E-state index in [-0.39, 0.29) is 18.3 Å². The summed E-state index contributed by atoms with van der Waals surface area (Å²) >= 11 is 0. The average Bonchev–Trinajstić information content (AvgIpc) is 2.60. The maximum Gasteiger partial charge on any atom is 0.227 e. The summed E-state index contributed by atoms with van der Waals surface area (Å²) in [5.41, 5.74) is 0.913. The first kappa shape index (κ1) is 18.7. The van der Waals surface area contributed by atoms with Crippen molar-refractivity contribution in [2.24, 2.45) is 0 Å². The molecule has 1 aliphatic rings. The number of ether oxygens (including phenoxy) is 2. The number of piperazine rings is 1. The largest absolute Gasteiger partial charge is 0.497 e. The second kappa shape index (κ2) is 8.46.